The normalized spacial score (nSPS) is 10.8. The lowest BCUT2D eigenvalue weighted by molar-refractivity contribution is -0.141. The first-order valence-electron chi connectivity index (χ1n) is 8.17. The van der Waals surface area contributed by atoms with E-state index in [0.29, 0.717) is 30.5 Å². The first-order chi connectivity index (χ1) is 11.9. The fourth-order valence-electron chi connectivity index (χ4n) is 2.29. The number of rotatable bonds is 9. The Morgan fingerprint density at radius 2 is 1.80 bits per heavy atom. The predicted octanol–water partition coefficient (Wildman–Crippen LogP) is 2.76. The lowest BCUT2D eigenvalue weighted by Gasteiger charge is -2.22. The van der Waals surface area contributed by atoms with Gasteiger partial charge in [0.2, 0.25) is 5.91 Å². The number of carbonyl (C=O) groups is 2. The molecule has 0 aliphatic heterocycles. The maximum Gasteiger partial charge on any atom is 0.307 e. The van der Waals surface area contributed by atoms with Gasteiger partial charge in [-0.25, -0.2) is 0 Å². The van der Waals surface area contributed by atoms with Gasteiger partial charge in [-0.2, -0.15) is 0 Å². The number of carbonyl (C=O) groups excluding carboxylic acids is 2. The molecule has 6 nitrogen and oxygen atoms in total. The zero-order valence-electron chi connectivity index (χ0n) is 15.6. The van der Waals surface area contributed by atoms with Gasteiger partial charge in [-0.05, 0) is 29.7 Å². The lowest BCUT2D eigenvalue weighted by Crippen LogP contribution is -2.34. The number of benzene rings is 1. The van der Waals surface area contributed by atoms with Gasteiger partial charge in [-0.15, -0.1) is 0 Å². The van der Waals surface area contributed by atoms with Crippen LogP contribution in [0.3, 0.4) is 0 Å². The van der Waals surface area contributed by atoms with Gasteiger partial charge in [0.15, 0.2) is 11.5 Å². The van der Waals surface area contributed by atoms with E-state index in [1.54, 1.807) is 37.3 Å². The highest BCUT2D eigenvalue weighted by Gasteiger charge is 2.14. The number of amides is 1. The molecule has 1 amide bonds. The van der Waals surface area contributed by atoms with Crippen LogP contribution in [0.4, 0.5) is 0 Å². The predicted molar refractivity (Wildman–Crippen MR) is 96.6 cm³/mol. The van der Waals surface area contributed by atoms with E-state index in [1.165, 1.54) is 13.2 Å². The Labute approximate surface area is 149 Å². The van der Waals surface area contributed by atoms with Crippen molar-refractivity contribution in [1.82, 2.24) is 4.90 Å². The van der Waals surface area contributed by atoms with Crippen LogP contribution in [0.15, 0.2) is 24.3 Å². The lowest BCUT2D eigenvalue weighted by atomic mass is 10.1. The molecule has 1 aromatic rings. The largest absolute Gasteiger partial charge is 0.493 e. The first kappa shape index (κ1) is 20.5. The molecule has 0 spiro atoms. The summed E-state index contributed by atoms with van der Waals surface area (Å²) in [4.78, 5) is 25.4. The van der Waals surface area contributed by atoms with Crippen LogP contribution in [0.2, 0.25) is 0 Å². The van der Waals surface area contributed by atoms with Gasteiger partial charge in [0.1, 0.15) is 0 Å². The molecular weight excluding hydrogens is 322 g/mol. The number of hydrogen-bond donors (Lipinski definition) is 0. The molecule has 1 aromatic carbocycles. The van der Waals surface area contributed by atoms with Crippen molar-refractivity contribution in [2.75, 3.05) is 34.4 Å². The fourth-order valence-corrected chi connectivity index (χ4v) is 2.29. The van der Waals surface area contributed by atoms with Crippen molar-refractivity contribution >= 4 is 18.0 Å². The highest BCUT2D eigenvalue weighted by atomic mass is 16.5. The Morgan fingerprint density at radius 3 is 2.36 bits per heavy atom. The molecule has 0 saturated carbocycles. The van der Waals surface area contributed by atoms with Crippen LogP contribution < -0.4 is 9.47 Å². The van der Waals surface area contributed by atoms with Crippen molar-refractivity contribution in [2.45, 2.75) is 20.3 Å². The van der Waals surface area contributed by atoms with Crippen molar-refractivity contribution in [3.63, 3.8) is 0 Å². The van der Waals surface area contributed by atoms with Crippen LogP contribution in [0, 0.1) is 5.92 Å². The molecule has 0 aromatic heterocycles. The van der Waals surface area contributed by atoms with Crippen molar-refractivity contribution in [3.05, 3.63) is 29.8 Å². The van der Waals surface area contributed by atoms with Crippen molar-refractivity contribution in [1.29, 1.82) is 0 Å². The van der Waals surface area contributed by atoms with E-state index in [1.807, 2.05) is 19.9 Å². The molecule has 25 heavy (non-hydrogen) atoms. The Balaban J connectivity index is 2.83. The van der Waals surface area contributed by atoms with Crippen molar-refractivity contribution in [3.8, 4) is 11.5 Å². The number of hydrogen-bond acceptors (Lipinski definition) is 5. The van der Waals surface area contributed by atoms with E-state index in [4.69, 9.17) is 9.47 Å². The summed E-state index contributed by atoms with van der Waals surface area (Å²) in [5.74, 6) is 1.06. The molecule has 0 heterocycles. The average molecular weight is 349 g/mol. The second kappa shape index (κ2) is 10.4. The van der Waals surface area contributed by atoms with E-state index in [9.17, 15) is 9.59 Å². The highest BCUT2D eigenvalue weighted by Crippen LogP contribution is 2.27. The summed E-state index contributed by atoms with van der Waals surface area (Å²) in [6.45, 7) is 4.96. The van der Waals surface area contributed by atoms with Gasteiger partial charge in [0.25, 0.3) is 0 Å². The van der Waals surface area contributed by atoms with Gasteiger partial charge in [-0.1, -0.05) is 19.9 Å². The minimum absolute atomic E-state index is 0.146. The Morgan fingerprint density at radius 1 is 1.12 bits per heavy atom. The van der Waals surface area contributed by atoms with Gasteiger partial charge < -0.3 is 19.1 Å². The summed E-state index contributed by atoms with van der Waals surface area (Å²) in [5.41, 5.74) is 0.823. The summed E-state index contributed by atoms with van der Waals surface area (Å²) in [5, 5.41) is 0. The summed E-state index contributed by atoms with van der Waals surface area (Å²) in [6.07, 6.45) is 3.40. The van der Waals surface area contributed by atoms with Crippen LogP contribution >= 0.6 is 0 Å². The average Bonchev–Trinajstić information content (AvgIpc) is 2.61. The number of esters is 1. The van der Waals surface area contributed by atoms with Gasteiger partial charge in [-0.3, -0.25) is 9.59 Å². The van der Waals surface area contributed by atoms with E-state index in [0.717, 1.165) is 5.56 Å². The highest BCUT2D eigenvalue weighted by molar-refractivity contribution is 5.92. The summed E-state index contributed by atoms with van der Waals surface area (Å²) in [6, 6.07) is 5.42. The third-order valence-electron chi connectivity index (χ3n) is 3.54. The maximum atomic E-state index is 12.5. The molecule has 0 bridgehead atoms. The van der Waals surface area contributed by atoms with E-state index < -0.39 is 0 Å². The van der Waals surface area contributed by atoms with Crippen molar-refractivity contribution < 1.29 is 23.8 Å². The van der Waals surface area contributed by atoms with Gasteiger partial charge in [0.05, 0.1) is 27.8 Å². The fraction of sp³-hybridized carbons (Fsp3) is 0.474. The van der Waals surface area contributed by atoms with Crippen LogP contribution in [0.1, 0.15) is 25.8 Å². The SMILES string of the molecule is COC(=O)CCN(CC(C)C)C(=O)/C=C/c1ccc(OC)c(OC)c1. The topological polar surface area (TPSA) is 65.1 Å². The maximum absolute atomic E-state index is 12.5. The molecule has 0 N–H and O–H groups in total. The van der Waals surface area contributed by atoms with Crippen molar-refractivity contribution in [2.24, 2.45) is 5.92 Å². The smallest absolute Gasteiger partial charge is 0.307 e. The third kappa shape index (κ3) is 6.87. The molecular formula is C19H27NO5. The Hall–Kier alpha value is -2.50. The number of ether oxygens (including phenoxy) is 3. The van der Waals surface area contributed by atoms with E-state index >= 15 is 0 Å². The van der Waals surface area contributed by atoms with Crippen LogP contribution in [-0.4, -0.2) is 51.2 Å². The zero-order valence-corrected chi connectivity index (χ0v) is 15.6. The zero-order chi connectivity index (χ0) is 18.8. The molecule has 0 radical (unpaired) electrons. The summed E-state index contributed by atoms with van der Waals surface area (Å²) in [7, 11) is 4.48. The quantitative estimate of drug-likeness (QED) is 0.507. The van der Waals surface area contributed by atoms with Gasteiger partial charge >= 0.3 is 5.97 Å². The second-order valence-corrected chi connectivity index (χ2v) is 5.95. The number of methoxy groups -OCH3 is 3. The molecule has 6 heteroatoms. The third-order valence-corrected chi connectivity index (χ3v) is 3.54. The number of nitrogens with zero attached hydrogens (tertiary/aromatic N) is 1. The van der Waals surface area contributed by atoms with Gasteiger partial charge in [0, 0.05) is 19.2 Å². The molecule has 0 aliphatic carbocycles. The molecule has 0 saturated heterocycles. The minimum Gasteiger partial charge on any atom is -0.493 e. The minimum atomic E-state index is -0.328. The standard InChI is InChI=1S/C19H27NO5/c1-14(2)13-20(11-10-19(22)25-5)18(21)9-7-15-6-8-16(23-3)17(12-15)24-4/h6-9,12,14H,10-11,13H2,1-5H3/b9-7+. The second-order valence-electron chi connectivity index (χ2n) is 5.95. The molecule has 1 rings (SSSR count). The monoisotopic (exact) mass is 349 g/mol. The Bertz CT molecular complexity index is 610. The van der Waals surface area contributed by atoms with Crippen LogP contribution in [0.25, 0.3) is 6.08 Å². The summed E-state index contributed by atoms with van der Waals surface area (Å²) < 4.78 is 15.1. The Kier molecular flexibility index (Phi) is 8.53. The molecule has 0 aliphatic rings. The first-order valence-corrected chi connectivity index (χ1v) is 8.17. The molecule has 138 valence electrons. The summed E-state index contributed by atoms with van der Waals surface area (Å²) >= 11 is 0. The molecule has 0 unspecified atom stereocenters. The molecule has 0 atom stereocenters. The van der Waals surface area contributed by atoms with E-state index in [-0.39, 0.29) is 18.3 Å². The van der Waals surface area contributed by atoms with E-state index in [2.05, 4.69) is 4.74 Å². The van der Waals surface area contributed by atoms with Crippen LogP contribution in [0.5, 0.6) is 11.5 Å². The van der Waals surface area contributed by atoms with Crippen LogP contribution in [-0.2, 0) is 14.3 Å². The molecule has 0 fully saturated rings.